The molecule has 2 heterocycles. The number of primary amides is 1. The Morgan fingerprint density at radius 1 is 1.03 bits per heavy atom. The number of halogens is 3. The highest BCUT2D eigenvalue weighted by molar-refractivity contribution is 5.71. The van der Waals surface area contributed by atoms with Gasteiger partial charge in [0.15, 0.2) is 0 Å². The van der Waals surface area contributed by atoms with Crippen LogP contribution in [0.5, 0.6) is 0 Å². The van der Waals surface area contributed by atoms with Crippen LogP contribution in [0.15, 0.2) is 52.4 Å². The number of nitrogens with one attached hydrogen (secondary N) is 2. The van der Waals surface area contributed by atoms with Crippen LogP contribution in [0, 0.1) is 5.92 Å². The molecule has 2 aliphatic rings. The van der Waals surface area contributed by atoms with Gasteiger partial charge in [0.1, 0.15) is 6.17 Å². The third-order valence-electron chi connectivity index (χ3n) is 5.73. The number of fused-ring (bicyclic) bond motifs is 1. The second kappa shape index (κ2) is 9.05. The number of carbonyl (C=O) groups excluding carboxylic acids is 1. The number of hydrogen-bond donors (Lipinski definition) is 3. The van der Waals surface area contributed by atoms with Crippen LogP contribution in [-0.2, 0) is 0 Å². The molecule has 4 N–H and O–H groups in total. The summed E-state index contributed by atoms with van der Waals surface area (Å²) >= 11 is 0. The molecule has 7 nitrogen and oxygen atoms in total. The molecule has 1 saturated heterocycles. The lowest BCUT2D eigenvalue weighted by Crippen LogP contribution is -2.38. The Balaban J connectivity index is 1.35. The van der Waals surface area contributed by atoms with Crippen molar-refractivity contribution in [1.29, 1.82) is 0 Å². The summed E-state index contributed by atoms with van der Waals surface area (Å²) in [6, 6.07) is 12.8. The molecule has 0 bridgehead atoms. The van der Waals surface area contributed by atoms with Crippen molar-refractivity contribution in [2.75, 3.05) is 29.9 Å². The first-order valence-electron chi connectivity index (χ1n) is 10.6. The average molecular weight is 446 g/mol. The molecule has 1 atom stereocenters. The van der Waals surface area contributed by atoms with Crippen LogP contribution in [-0.4, -0.2) is 38.0 Å². The smallest absolute Gasteiger partial charge is 0.372 e. The van der Waals surface area contributed by atoms with Gasteiger partial charge in [-0.15, -0.1) is 0 Å². The maximum absolute atomic E-state index is 12.9. The fraction of sp³-hybridized carbons (Fsp3) is 0.409. The van der Waals surface area contributed by atoms with E-state index in [0.717, 1.165) is 27.8 Å². The lowest BCUT2D eigenvalue weighted by Gasteiger charge is -2.34. The number of nitrogens with two attached hydrogens (primary N) is 1. The molecule has 1 unspecified atom stereocenters. The fourth-order valence-corrected chi connectivity index (χ4v) is 4.00. The molecule has 2 aliphatic heterocycles. The molecule has 170 valence electrons. The summed E-state index contributed by atoms with van der Waals surface area (Å²) in [6.07, 6.45) is -3.51. The topological polar surface area (TPSA) is 95.1 Å². The third-order valence-corrected chi connectivity index (χ3v) is 5.73. The van der Waals surface area contributed by atoms with Gasteiger partial charge < -0.3 is 21.3 Å². The maximum Gasteiger partial charge on any atom is 0.391 e. The first kappa shape index (κ1) is 21.9. The molecule has 0 radical (unpaired) electrons. The zero-order valence-electron chi connectivity index (χ0n) is 17.4. The fourth-order valence-electron chi connectivity index (χ4n) is 4.00. The highest BCUT2D eigenvalue weighted by Crippen LogP contribution is 2.35. The normalized spacial score (nSPS) is 18.5. The summed E-state index contributed by atoms with van der Waals surface area (Å²) in [4.78, 5) is 21.8. The number of hydrogen-bond acceptors (Lipinski definition) is 5. The minimum absolute atomic E-state index is 0.132. The van der Waals surface area contributed by atoms with E-state index in [-0.39, 0.29) is 19.0 Å². The summed E-state index contributed by atoms with van der Waals surface area (Å²) in [6.45, 7) is 1.22. The average Bonchev–Trinajstić information content (AvgIpc) is 3.15. The van der Waals surface area contributed by atoms with E-state index in [1.807, 2.05) is 47.4 Å². The molecular formula is C22H25F3N6O. The largest absolute Gasteiger partial charge is 0.391 e. The van der Waals surface area contributed by atoms with Crippen LogP contribution in [0.2, 0.25) is 0 Å². The molecule has 0 aromatic heterocycles. The molecule has 2 aromatic carbocycles. The first-order chi connectivity index (χ1) is 15.3. The maximum atomic E-state index is 12.9. The molecule has 1 fully saturated rings. The van der Waals surface area contributed by atoms with E-state index in [4.69, 9.17) is 5.73 Å². The summed E-state index contributed by atoms with van der Waals surface area (Å²) in [5.41, 5.74) is 7.72. The van der Waals surface area contributed by atoms with Crippen molar-refractivity contribution < 1.29 is 18.0 Å². The van der Waals surface area contributed by atoms with Crippen LogP contribution in [0.3, 0.4) is 0 Å². The Kier molecular flexibility index (Phi) is 6.20. The number of carbonyl (C=O) groups is 1. The van der Waals surface area contributed by atoms with Crippen LogP contribution in [0.4, 0.5) is 35.0 Å². The van der Waals surface area contributed by atoms with Gasteiger partial charge in [0.2, 0.25) is 0 Å². The highest BCUT2D eigenvalue weighted by Gasteiger charge is 2.41. The lowest BCUT2D eigenvalue weighted by atomic mass is 9.96. The van der Waals surface area contributed by atoms with Crippen molar-refractivity contribution in [1.82, 2.24) is 5.32 Å². The monoisotopic (exact) mass is 446 g/mol. The number of alkyl halides is 3. The SMILES string of the molecule is NC(=O)NCCC1N=c2ccc(Nc3ccc(N4CCC(C(F)(F)F)CC4)cc3)cc2=N1. The molecule has 2 aromatic rings. The first-order valence-corrected chi connectivity index (χ1v) is 10.6. The minimum Gasteiger partial charge on any atom is -0.372 e. The van der Waals surface area contributed by atoms with E-state index in [1.54, 1.807) is 0 Å². The van der Waals surface area contributed by atoms with E-state index in [2.05, 4.69) is 20.6 Å². The van der Waals surface area contributed by atoms with Crippen LogP contribution in [0.1, 0.15) is 19.3 Å². The second-order valence-electron chi connectivity index (χ2n) is 8.00. The summed E-state index contributed by atoms with van der Waals surface area (Å²) in [7, 11) is 0. The third kappa shape index (κ3) is 5.30. The van der Waals surface area contributed by atoms with Gasteiger partial charge in [-0.05, 0) is 55.3 Å². The number of anilines is 3. The van der Waals surface area contributed by atoms with Gasteiger partial charge >= 0.3 is 12.2 Å². The van der Waals surface area contributed by atoms with Crippen LogP contribution in [0.25, 0.3) is 0 Å². The van der Waals surface area contributed by atoms with E-state index < -0.39 is 18.1 Å². The van der Waals surface area contributed by atoms with E-state index >= 15 is 0 Å². The highest BCUT2D eigenvalue weighted by atomic mass is 19.4. The predicted molar refractivity (Wildman–Crippen MR) is 115 cm³/mol. The number of amides is 2. The lowest BCUT2D eigenvalue weighted by molar-refractivity contribution is -0.179. The van der Waals surface area contributed by atoms with Crippen molar-refractivity contribution in [3.63, 3.8) is 0 Å². The van der Waals surface area contributed by atoms with Gasteiger partial charge in [-0.2, -0.15) is 13.2 Å². The van der Waals surface area contributed by atoms with Crippen molar-refractivity contribution in [3.05, 3.63) is 53.2 Å². The predicted octanol–water partition coefficient (Wildman–Crippen LogP) is 2.85. The quantitative estimate of drug-likeness (QED) is 0.637. The van der Waals surface area contributed by atoms with Crippen molar-refractivity contribution in [2.45, 2.75) is 31.6 Å². The van der Waals surface area contributed by atoms with Gasteiger partial charge in [0.25, 0.3) is 0 Å². The molecule has 0 aliphatic carbocycles. The van der Waals surface area contributed by atoms with Gasteiger partial charge in [-0.1, -0.05) is 0 Å². The second-order valence-corrected chi connectivity index (χ2v) is 8.00. The van der Waals surface area contributed by atoms with Crippen molar-refractivity contribution in [2.24, 2.45) is 21.6 Å². The van der Waals surface area contributed by atoms with Crippen LogP contribution < -0.4 is 32.0 Å². The van der Waals surface area contributed by atoms with E-state index in [0.29, 0.717) is 26.1 Å². The summed E-state index contributed by atoms with van der Waals surface area (Å²) in [5.74, 6) is -1.20. The van der Waals surface area contributed by atoms with Gasteiger partial charge in [0, 0.05) is 43.1 Å². The molecule has 4 rings (SSSR count). The number of urea groups is 1. The van der Waals surface area contributed by atoms with Gasteiger partial charge in [-0.3, -0.25) is 9.98 Å². The van der Waals surface area contributed by atoms with Gasteiger partial charge in [0.05, 0.1) is 16.6 Å². The Bertz CT molecular complexity index is 1080. The minimum atomic E-state index is -4.10. The van der Waals surface area contributed by atoms with E-state index in [1.165, 1.54) is 0 Å². The van der Waals surface area contributed by atoms with E-state index in [9.17, 15) is 18.0 Å². The number of nitrogens with zero attached hydrogens (tertiary/aromatic N) is 3. The Morgan fingerprint density at radius 2 is 1.69 bits per heavy atom. The Labute approximate surface area is 183 Å². The number of piperidine rings is 1. The van der Waals surface area contributed by atoms with Gasteiger partial charge in [-0.25, -0.2) is 4.79 Å². The number of rotatable bonds is 6. The zero-order valence-corrected chi connectivity index (χ0v) is 17.4. The summed E-state index contributed by atoms with van der Waals surface area (Å²) < 4.78 is 38.6. The number of benzene rings is 2. The summed E-state index contributed by atoms with van der Waals surface area (Å²) in [5, 5.41) is 7.44. The standard InChI is InChI=1S/C22H25F3N6O/c23-22(24,25)14-8-11-31(12-9-14)17-4-1-15(2-5-17)28-16-3-6-18-19(13-16)30-20(29-18)7-10-27-21(26)32/h1-6,13-14,20,28H,7-12H2,(H3,26,27,32). The molecule has 0 saturated carbocycles. The Hall–Kier alpha value is -3.30. The van der Waals surface area contributed by atoms with Crippen LogP contribution >= 0.6 is 0 Å². The Morgan fingerprint density at radius 3 is 2.34 bits per heavy atom. The molecule has 0 spiro atoms. The molecular weight excluding hydrogens is 421 g/mol. The molecule has 32 heavy (non-hydrogen) atoms. The van der Waals surface area contributed by atoms with Crippen molar-refractivity contribution >= 4 is 23.1 Å². The zero-order chi connectivity index (χ0) is 22.7. The molecule has 2 amide bonds. The molecule has 10 heteroatoms. The van der Waals surface area contributed by atoms with Crippen molar-refractivity contribution in [3.8, 4) is 0 Å².